The molecule has 3 amide bonds. The SMILES string of the molecule is CC[C@@]1(C(N)=O)[C@H](C2CCCCC2)CC(c2c(C(=O)O)n(C)c3ccccc23)N1C(=O)C1CCC(C(CF)NC(=O)OC(C)(C)C)CC1. The van der Waals surface area contributed by atoms with Crippen molar-refractivity contribution in [3.8, 4) is 0 Å². The molecule has 4 atom stereocenters. The molecule has 0 radical (unpaired) electrons. The first kappa shape index (κ1) is 35.7. The Morgan fingerprint density at radius 3 is 2.27 bits per heavy atom. The molecule has 3 fully saturated rings. The van der Waals surface area contributed by atoms with Crippen LogP contribution in [0.2, 0.25) is 0 Å². The lowest BCUT2D eigenvalue weighted by atomic mass is 9.68. The van der Waals surface area contributed by atoms with Crippen LogP contribution in [0.15, 0.2) is 24.3 Å². The van der Waals surface area contributed by atoms with Crippen molar-refractivity contribution in [3.05, 3.63) is 35.5 Å². The van der Waals surface area contributed by atoms with Gasteiger partial charge < -0.3 is 30.4 Å². The number of nitrogens with two attached hydrogens (primary N) is 1. The largest absolute Gasteiger partial charge is 0.477 e. The number of ether oxygens (including phenoxy) is 1. The zero-order chi connectivity index (χ0) is 35.0. The van der Waals surface area contributed by atoms with Crippen molar-refractivity contribution in [3.63, 3.8) is 0 Å². The summed E-state index contributed by atoms with van der Waals surface area (Å²) in [6.45, 7) is 6.41. The molecule has 1 aliphatic heterocycles. The number of likely N-dealkylation sites (tertiary alicyclic amines) is 1. The Hall–Kier alpha value is -3.63. The fourth-order valence-corrected chi connectivity index (χ4v) is 9.35. The number of rotatable bonds is 9. The first-order valence-electron chi connectivity index (χ1n) is 17.7. The van der Waals surface area contributed by atoms with Crippen LogP contribution in [-0.4, -0.2) is 62.3 Å². The summed E-state index contributed by atoms with van der Waals surface area (Å²) in [5, 5.41) is 14.0. The van der Waals surface area contributed by atoms with Gasteiger partial charge in [-0.15, -0.1) is 0 Å². The molecule has 2 heterocycles. The number of amides is 3. The molecule has 0 bridgehead atoms. The van der Waals surface area contributed by atoms with Gasteiger partial charge >= 0.3 is 12.1 Å². The summed E-state index contributed by atoms with van der Waals surface area (Å²) in [5.74, 6) is -2.48. The first-order chi connectivity index (χ1) is 22.7. The highest BCUT2D eigenvalue weighted by atomic mass is 19.1. The number of benzene rings is 1. The Kier molecular flexibility index (Phi) is 10.5. The van der Waals surface area contributed by atoms with Crippen LogP contribution in [0, 0.1) is 23.7 Å². The quantitative estimate of drug-likeness (QED) is 0.273. The van der Waals surface area contributed by atoms with Crippen molar-refractivity contribution in [2.45, 2.75) is 122 Å². The summed E-state index contributed by atoms with van der Waals surface area (Å²) in [5.41, 5.74) is 5.80. The van der Waals surface area contributed by atoms with Crippen LogP contribution >= 0.6 is 0 Å². The number of aryl methyl sites for hydroxylation is 1. The number of nitrogens with zero attached hydrogens (tertiary/aromatic N) is 2. The summed E-state index contributed by atoms with van der Waals surface area (Å²) in [6.07, 6.45) is 7.14. The number of alkyl halides is 1. The number of hydrogen-bond donors (Lipinski definition) is 3. The normalized spacial score (nSPS) is 27.5. The summed E-state index contributed by atoms with van der Waals surface area (Å²) < 4.78 is 21.2. The number of aromatic carboxylic acids is 1. The van der Waals surface area contributed by atoms with Gasteiger partial charge in [-0.3, -0.25) is 9.59 Å². The van der Waals surface area contributed by atoms with Crippen molar-refractivity contribution in [1.29, 1.82) is 0 Å². The van der Waals surface area contributed by atoms with E-state index < -0.39 is 53.8 Å². The Balaban J connectivity index is 1.52. The number of nitrogens with one attached hydrogen (secondary N) is 1. The third-order valence-corrected chi connectivity index (χ3v) is 11.5. The van der Waals surface area contributed by atoms with Crippen LogP contribution in [0.1, 0.15) is 120 Å². The van der Waals surface area contributed by atoms with Crippen LogP contribution in [0.5, 0.6) is 0 Å². The number of aromatic nitrogens is 1. The predicted octanol–water partition coefficient (Wildman–Crippen LogP) is 6.65. The smallest absolute Gasteiger partial charge is 0.407 e. The van der Waals surface area contributed by atoms with E-state index in [9.17, 15) is 28.7 Å². The molecule has 2 aromatic rings. The van der Waals surface area contributed by atoms with Gasteiger partial charge in [0.25, 0.3) is 0 Å². The number of alkyl carbamates (subject to hydrolysis) is 1. The Bertz CT molecular complexity index is 1520. The zero-order valence-electron chi connectivity index (χ0n) is 29.1. The zero-order valence-corrected chi connectivity index (χ0v) is 29.1. The topological polar surface area (TPSA) is 144 Å². The molecule has 2 saturated carbocycles. The van der Waals surface area contributed by atoms with Crippen molar-refractivity contribution < 1.29 is 33.4 Å². The number of carboxylic acid groups (broad SMARTS) is 1. The Morgan fingerprint density at radius 1 is 1.06 bits per heavy atom. The molecule has 2 aliphatic carbocycles. The van der Waals surface area contributed by atoms with Gasteiger partial charge in [0.15, 0.2) is 0 Å². The number of para-hydroxylation sites is 1. The van der Waals surface area contributed by atoms with Gasteiger partial charge in [-0.1, -0.05) is 57.2 Å². The molecule has 48 heavy (non-hydrogen) atoms. The Morgan fingerprint density at radius 2 is 1.71 bits per heavy atom. The lowest BCUT2D eigenvalue weighted by molar-refractivity contribution is -0.153. The van der Waals surface area contributed by atoms with E-state index in [0.717, 1.165) is 43.0 Å². The third kappa shape index (κ3) is 6.53. The molecule has 1 aromatic carbocycles. The molecular formula is C37H53FN4O6. The van der Waals surface area contributed by atoms with E-state index in [0.29, 0.717) is 44.1 Å². The highest BCUT2D eigenvalue weighted by molar-refractivity contribution is 6.00. The minimum atomic E-state index is -1.27. The van der Waals surface area contributed by atoms with Crippen LogP contribution < -0.4 is 11.1 Å². The number of fused-ring (bicyclic) bond motifs is 1. The van der Waals surface area contributed by atoms with Crippen molar-refractivity contribution in [2.24, 2.45) is 36.5 Å². The molecule has 3 aliphatic rings. The van der Waals surface area contributed by atoms with Crippen molar-refractivity contribution in [1.82, 2.24) is 14.8 Å². The van der Waals surface area contributed by atoms with Gasteiger partial charge in [0.1, 0.15) is 23.5 Å². The molecule has 1 aromatic heterocycles. The minimum Gasteiger partial charge on any atom is -0.477 e. The van der Waals surface area contributed by atoms with E-state index in [-0.39, 0.29) is 29.4 Å². The number of halogens is 1. The molecule has 1 saturated heterocycles. The van der Waals surface area contributed by atoms with E-state index in [4.69, 9.17) is 10.5 Å². The maximum atomic E-state index is 15.0. The fraction of sp³-hybridized carbons (Fsp3) is 0.676. The second-order valence-corrected chi connectivity index (χ2v) is 15.3. The maximum Gasteiger partial charge on any atom is 0.407 e. The molecular weight excluding hydrogens is 615 g/mol. The lowest BCUT2D eigenvalue weighted by Crippen LogP contribution is -2.61. The van der Waals surface area contributed by atoms with E-state index in [1.54, 1.807) is 37.3 Å². The third-order valence-electron chi connectivity index (χ3n) is 11.5. The van der Waals surface area contributed by atoms with Gasteiger partial charge in [0, 0.05) is 29.4 Å². The van der Waals surface area contributed by atoms with Gasteiger partial charge in [0.05, 0.1) is 12.1 Å². The standard InChI is InChI=1S/C37H53FN4O6/c1-6-37(34(39)46)26(22-12-8-7-9-13-22)20-29(30-25-14-10-11-15-28(25)41(5)31(30)33(44)45)42(37)32(43)24-18-16-23(17-19-24)27(21-38)40-35(47)48-36(2,3)4/h10-11,14-15,22-24,26-27,29H,6-9,12-13,16-21H2,1-5H3,(H2,39,46)(H,40,47)(H,44,45)/t23?,24?,26-,27?,29?,37-/m0/s1. The average Bonchev–Trinajstić information content (AvgIpc) is 3.56. The molecule has 11 heteroatoms. The van der Waals surface area contributed by atoms with Gasteiger partial charge in [-0.05, 0) is 83.1 Å². The number of carbonyl (C=O) groups is 4. The van der Waals surface area contributed by atoms with Crippen molar-refractivity contribution in [2.75, 3.05) is 6.67 Å². The number of carbonyl (C=O) groups excluding carboxylic acids is 3. The average molecular weight is 669 g/mol. The summed E-state index contributed by atoms with van der Waals surface area (Å²) in [7, 11) is 1.73. The number of hydrogen-bond acceptors (Lipinski definition) is 5. The molecule has 2 unspecified atom stereocenters. The van der Waals surface area contributed by atoms with E-state index in [1.807, 2.05) is 31.2 Å². The second kappa shape index (κ2) is 14.1. The van der Waals surface area contributed by atoms with Crippen LogP contribution in [0.4, 0.5) is 9.18 Å². The highest BCUT2D eigenvalue weighted by Crippen LogP contribution is 2.56. The van der Waals surface area contributed by atoms with Gasteiger partial charge in [0.2, 0.25) is 11.8 Å². The van der Waals surface area contributed by atoms with Crippen LogP contribution in [-0.2, 0) is 21.4 Å². The van der Waals surface area contributed by atoms with Gasteiger partial charge in [-0.25, -0.2) is 14.0 Å². The molecule has 264 valence electrons. The Labute approximate surface area is 282 Å². The van der Waals surface area contributed by atoms with E-state index >= 15 is 0 Å². The summed E-state index contributed by atoms with van der Waals surface area (Å²) in [6, 6.07) is 6.11. The highest BCUT2D eigenvalue weighted by Gasteiger charge is 2.61. The summed E-state index contributed by atoms with van der Waals surface area (Å²) >= 11 is 0. The molecule has 5 rings (SSSR count). The van der Waals surface area contributed by atoms with Crippen LogP contribution in [0.25, 0.3) is 10.9 Å². The molecule has 10 nitrogen and oxygen atoms in total. The van der Waals surface area contributed by atoms with E-state index in [1.165, 1.54) is 0 Å². The van der Waals surface area contributed by atoms with Gasteiger partial charge in [-0.2, -0.15) is 0 Å². The number of carboxylic acids is 1. The summed E-state index contributed by atoms with van der Waals surface area (Å²) in [4.78, 5) is 55.9. The number of primary amides is 1. The van der Waals surface area contributed by atoms with Crippen molar-refractivity contribution >= 4 is 34.8 Å². The molecule has 0 spiro atoms. The monoisotopic (exact) mass is 668 g/mol. The maximum absolute atomic E-state index is 15.0. The first-order valence-corrected chi connectivity index (χ1v) is 17.7. The van der Waals surface area contributed by atoms with Crippen LogP contribution in [0.3, 0.4) is 0 Å². The fourth-order valence-electron chi connectivity index (χ4n) is 9.35. The lowest BCUT2D eigenvalue weighted by Gasteiger charge is -2.46. The molecule has 4 N–H and O–H groups in total. The second-order valence-electron chi connectivity index (χ2n) is 15.3. The predicted molar refractivity (Wildman–Crippen MR) is 181 cm³/mol. The minimum absolute atomic E-state index is 0.112. The van der Waals surface area contributed by atoms with E-state index in [2.05, 4.69) is 5.32 Å².